The van der Waals surface area contributed by atoms with Crippen LogP contribution in [0.5, 0.6) is 0 Å². The number of fused-ring (bicyclic) bond motifs is 12. The average Bonchev–Trinajstić information content (AvgIpc) is 3.79. The summed E-state index contributed by atoms with van der Waals surface area (Å²) in [4.78, 5) is 4.99. The largest absolute Gasteiger partial charge is 0.314 e. The number of rotatable bonds is 3. The predicted octanol–water partition coefficient (Wildman–Crippen LogP) is 12.1. The van der Waals surface area contributed by atoms with E-state index in [1.54, 1.807) is 0 Å². The molecule has 0 N–H and O–H groups in total. The number of benzene rings is 7. The molecule has 3 heterocycles. The fraction of sp³-hybridized carbons (Fsp3) is 0.0769. The Morgan fingerprint density at radius 3 is 1.89 bits per heavy atom. The minimum absolute atomic E-state index is 0. The molecule has 57 heavy (non-hydrogen) atoms. The van der Waals surface area contributed by atoms with Gasteiger partial charge in [0.15, 0.2) is 0 Å². The molecule has 1 aliphatic carbocycles. The van der Waals surface area contributed by atoms with Crippen LogP contribution in [0.2, 0.25) is 0 Å². The summed E-state index contributed by atoms with van der Waals surface area (Å²) in [5.74, 6) is 0.883. The molecule has 0 radical (unpaired) electrons. The summed E-state index contributed by atoms with van der Waals surface area (Å²) >= 11 is 0. The van der Waals surface area contributed by atoms with E-state index >= 15 is 0 Å². The monoisotopic (exact) mass is 911 g/mol. The van der Waals surface area contributed by atoms with Crippen molar-refractivity contribution in [3.8, 4) is 61.7 Å². The van der Waals surface area contributed by atoms with E-state index in [1.807, 2.05) is 12.3 Å². The third-order valence-electron chi connectivity index (χ3n) is 11.3. The zero-order valence-electron chi connectivity index (χ0n) is 31.7. The molecule has 0 fully saturated rings. The van der Waals surface area contributed by atoms with Gasteiger partial charge in [0.25, 0.3) is 6.33 Å². The van der Waals surface area contributed by atoms with Crippen molar-refractivity contribution in [2.45, 2.75) is 26.2 Å². The van der Waals surface area contributed by atoms with Gasteiger partial charge >= 0.3 is 0 Å². The third kappa shape index (κ3) is 5.54. The molecule has 0 amide bonds. The van der Waals surface area contributed by atoms with Crippen LogP contribution in [0.4, 0.5) is 0 Å². The molecule has 0 saturated heterocycles. The normalized spacial score (nSPS) is 12.0. The van der Waals surface area contributed by atoms with E-state index in [2.05, 4.69) is 205 Å². The van der Waals surface area contributed by atoms with Crippen molar-refractivity contribution in [2.75, 3.05) is 0 Å². The Morgan fingerprint density at radius 2 is 1.16 bits per heavy atom. The van der Waals surface area contributed by atoms with E-state index in [0.717, 1.165) is 72.5 Å². The molecule has 0 bridgehead atoms. The van der Waals surface area contributed by atoms with Crippen molar-refractivity contribution < 1.29 is 25.6 Å². The van der Waals surface area contributed by atoms with Crippen LogP contribution in [0, 0.1) is 18.5 Å². The molecule has 3 aromatic heterocycles. The minimum atomic E-state index is -0.0325. The predicted molar refractivity (Wildman–Crippen MR) is 227 cm³/mol. The smallest absolute Gasteiger partial charge is 0.268 e. The van der Waals surface area contributed by atoms with Gasteiger partial charge in [-0.1, -0.05) is 146 Å². The second kappa shape index (κ2) is 13.4. The summed E-state index contributed by atoms with van der Waals surface area (Å²) in [6, 6.07) is 64.3. The summed E-state index contributed by atoms with van der Waals surface area (Å²) in [6.45, 7) is 6.75. The first kappa shape index (κ1) is 35.1. The quantitative estimate of drug-likeness (QED) is 0.128. The fourth-order valence-corrected chi connectivity index (χ4v) is 8.54. The number of pyridine rings is 1. The molecule has 0 unspecified atom stereocenters. The topological polar surface area (TPSA) is 26.6 Å². The zero-order chi connectivity index (χ0) is 37.5. The Hall–Kier alpha value is -6.35. The number of hydrogen-bond donors (Lipinski definition) is 0. The van der Waals surface area contributed by atoms with Crippen LogP contribution in [-0.4, -0.2) is 14.1 Å². The number of aromatic nitrogens is 4. The van der Waals surface area contributed by atoms with Crippen LogP contribution in [0.15, 0.2) is 164 Å². The summed E-state index contributed by atoms with van der Waals surface area (Å²) < 4.78 is 6.56. The Balaban J connectivity index is 0.00000396. The molecule has 0 aliphatic heterocycles. The summed E-state index contributed by atoms with van der Waals surface area (Å²) in [5.41, 5.74) is 16.3. The van der Waals surface area contributed by atoms with Gasteiger partial charge in [-0.3, -0.25) is 4.57 Å². The maximum atomic E-state index is 4.99. The molecule has 7 aromatic carbocycles. The maximum absolute atomic E-state index is 4.99. The first-order valence-electron chi connectivity index (χ1n) is 19.2. The van der Waals surface area contributed by atoms with Gasteiger partial charge < -0.3 is 9.13 Å². The first-order chi connectivity index (χ1) is 27.4. The van der Waals surface area contributed by atoms with Crippen molar-refractivity contribution >= 4 is 32.8 Å². The van der Waals surface area contributed by atoms with Gasteiger partial charge in [0.05, 0.1) is 16.7 Å². The molecule has 4 nitrogen and oxygen atoms in total. The molecule has 276 valence electrons. The van der Waals surface area contributed by atoms with Crippen molar-refractivity contribution in [3.63, 3.8) is 0 Å². The minimum Gasteiger partial charge on any atom is -0.314 e. The maximum Gasteiger partial charge on any atom is 0.268 e. The van der Waals surface area contributed by atoms with Crippen LogP contribution in [-0.2, 0) is 26.5 Å². The van der Waals surface area contributed by atoms with Crippen LogP contribution >= 0.6 is 0 Å². The Morgan fingerprint density at radius 1 is 0.544 bits per heavy atom. The van der Waals surface area contributed by atoms with Gasteiger partial charge in [-0.2, -0.15) is 18.2 Å². The van der Waals surface area contributed by atoms with Crippen LogP contribution in [0.3, 0.4) is 0 Å². The van der Waals surface area contributed by atoms with E-state index in [-0.39, 0.29) is 26.5 Å². The zero-order valence-corrected chi connectivity index (χ0v) is 34.0. The molecule has 1 aliphatic rings. The fourth-order valence-electron chi connectivity index (χ4n) is 8.54. The standard InChI is InChI=1S/C52H36N4.Pt/c1-52(2,3)34-27-28-53-51(29-34)56-47-22-12-11-21-42(47)46-31-44-40-20-10-9-18-38(40)37-17-7-8-19-39(37)41-26-25-36(30-43(41)45(44)32-50(46)56)55-33-54(35-15-5-4-6-16-35)48-23-13-14-24-49(48)55;/h4-29,31H,1-3H3;/q-2;. The van der Waals surface area contributed by atoms with Gasteiger partial charge in [0, 0.05) is 32.8 Å². The van der Waals surface area contributed by atoms with Crippen molar-refractivity contribution in [3.05, 3.63) is 188 Å². The van der Waals surface area contributed by atoms with E-state index in [4.69, 9.17) is 4.98 Å². The van der Waals surface area contributed by atoms with Gasteiger partial charge in [-0.25, -0.2) is 16.1 Å². The molecular formula is C52H36N4Pt-2. The number of imidazole rings is 1. The molecule has 0 saturated carbocycles. The van der Waals surface area contributed by atoms with Gasteiger partial charge in [-0.05, 0) is 69.0 Å². The Kier molecular flexibility index (Phi) is 8.25. The average molecular weight is 912 g/mol. The van der Waals surface area contributed by atoms with Crippen LogP contribution in [0.25, 0.3) is 94.5 Å². The van der Waals surface area contributed by atoms with E-state index in [0.29, 0.717) is 0 Å². The Bertz CT molecular complexity index is 3180. The van der Waals surface area contributed by atoms with Crippen LogP contribution in [0.1, 0.15) is 26.3 Å². The summed E-state index contributed by atoms with van der Waals surface area (Å²) in [6.07, 6.45) is 5.63. The molecule has 10 aromatic rings. The van der Waals surface area contributed by atoms with Gasteiger partial charge in [0.1, 0.15) is 5.82 Å². The molecule has 0 atom stereocenters. The van der Waals surface area contributed by atoms with Gasteiger partial charge in [0.2, 0.25) is 0 Å². The van der Waals surface area contributed by atoms with E-state index in [9.17, 15) is 0 Å². The molecule has 0 spiro atoms. The SMILES string of the molecule is CC(C)(C)c1ccnc(-n2c3[c-]c4c(cc3c3ccccc32)-c2ccccc2-c2ccccc2-c2ccc(-n3[c-][n+](-c5ccccc5)c5ccccc53)[c-]c2-4)c1.[Pt]. The number of nitrogens with zero attached hydrogens (tertiary/aromatic N) is 4. The second-order valence-corrected chi connectivity index (χ2v) is 15.6. The summed E-state index contributed by atoms with van der Waals surface area (Å²) in [5, 5.41) is 2.30. The van der Waals surface area contributed by atoms with Gasteiger partial charge in [-0.15, -0.1) is 23.3 Å². The molecule has 11 rings (SSSR count). The van der Waals surface area contributed by atoms with Crippen molar-refractivity contribution in [1.82, 2.24) is 14.1 Å². The number of hydrogen-bond acceptors (Lipinski definition) is 1. The van der Waals surface area contributed by atoms with E-state index < -0.39 is 0 Å². The van der Waals surface area contributed by atoms with E-state index in [1.165, 1.54) is 27.6 Å². The first-order valence-corrected chi connectivity index (χ1v) is 19.2. The Labute approximate surface area is 346 Å². The summed E-state index contributed by atoms with van der Waals surface area (Å²) in [7, 11) is 0. The van der Waals surface area contributed by atoms with Crippen molar-refractivity contribution in [2.24, 2.45) is 0 Å². The molecule has 5 heteroatoms. The van der Waals surface area contributed by atoms with Crippen molar-refractivity contribution in [1.29, 1.82) is 0 Å². The van der Waals surface area contributed by atoms with Crippen LogP contribution < -0.4 is 4.57 Å². The third-order valence-corrected chi connectivity index (χ3v) is 11.3. The second-order valence-electron chi connectivity index (χ2n) is 15.6. The number of para-hydroxylation sites is 4. The molecular weight excluding hydrogens is 876 g/mol.